The summed E-state index contributed by atoms with van der Waals surface area (Å²) in [5.74, 6) is 0. The number of fused-ring (bicyclic) bond motifs is 8. The van der Waals surface area contributed by atoms with Crippen LogP contribution in [0.15, 0.2) is 105 Å². The normalized spacial score (nSPS) is 12.9. The van der Waals surface area contributed by atoms with Crippen LogP contribution in [-0.4, -0.2) is 43.3 Å². The Morgan fingerprint density at radius 1 is 0.500 bits per heavy atom. The summed E-state index contributed by atoms with van der Waals surface area (Å²) >= 11 is 0. The Hall–Kier alpha value is -6.82. The Morgan fingerprint density at radius 3 is 1.22 bits per heavy atom. The van der Waals surface area contributed by atoms with Gasteiger partial charge in [-0.05, 0) is 101 Å². The Balaban J connectivity index is 1.58. The minimum Gasteiger partial charge on any atom is -0.441 e. The number of azo groups is 2. The second-order valence-electron chi connectivity index (χ2n) is 14.5. The molecule has 0 aliphatic carbocycles. The number of hydrogen-bond acceptors (Lipinski definition) is 8. The monoisotopic (exact) mass is 718 g/mol. The van der Waals surface area contributed by atoms with Gasteiger partial charge >= 0.3 is 12.2 Å². The van der Waals surface area contributed by atoms with Crippen molar-refractivity contribution in [1.82, 2.24) is 19.9 Å². The molecule has 12 heteroatoms. The summed E-state index contributed by atoms with van der Waals surface area (Å²) in [4.78, 5) is 42.6. The third kappa shape index (κ3) is 7.97. The predicted molar refractivity (Wildman–Crippen MR) is 211 cm³/mol. The highest BCUT2D eigenvalue weighted by Gasteiger charge is 2.20. The Bertz CT molecular complexity index is 2370. The first kappa shape index (κ1) is 35.6. The molecule has 0 unspecified atom stereocenters. The van der Waals surface area contributed by atoms with E-state index < -0.39 is 23.4 Å². The molecule has 2 amide bonds. The molecule has 0 saturated heterocycles. The van der Waals surface area contributed by atoms with Gasteiger partial charge in [-0.2, -0.15) is 0 Å². The van der Waals surface area contributed by atoms with Gasteiger partial charge in [-0.3, -0.25) is 0 Å². The molecule has 2 aromatic carbocycles. The first-order valence-electron chi connectivity index (χ1n) is 17.4. The number of benzene rings is 2. The zero-order chi connectivity index (χ0) is 38.0. The van der Waals surface area contributed by atoms with Crippen molar-refractivity contribution in [3.05, 3.63) is 108 Å². The lowest BCUT2D eigenvalue weighted by Gasteiger charge is -2.16. The van der Waals surface area contributed by atoms with E-state index in [4.69, 9.17) is 19.4 Å². The molecule has 8 bridgehead atoms. The minimum atomic E-state index is -0.822. The fourth-order valence-corrected chi connectivity index (χ4v) is 5.95. The van der Waals surface area contributed by atoms with E-state index in [1.807, 2.05) is 109 Å². The van der Waals surface area contributed by atoms with Gasteiger partial charge in [0.25, 0.3) is 0 Å². The van der Waals surface area contributed by atoms with Crippen molar-refractivity contribution < 1.29 is 19.1 Å². The molecule has 270 valence electrons. The minimum absolute atomic E-state index is 0.340. The van der Waals surface area contributed by atoms with Crippen LogP contribution in [0.5, 0.6) is 0 Å². The molecule has 2 N–H and O–H groups in total. The number of amides is 2. The van der Waals surface area contributed by atoms with Gasteiger partial charge in [-0.25, -0.2) is 19.6 Å². The van der Waals surface area contributed by atoms with Gasteiger partial charge in [-0.1, -0.05) is 70.9 Å². The van der Waals surface area contributed by atoms with Gasteiger partial charge in [0.05, 0.1) is 33.8 Å². The number of rotatable bonds is 4. The maximum Gasteiger partial charge on any atom is 0.452 e. The summed E-state index contributed by atoms with van der Waals surface area (Å²) in [5, 5.41) is 16.7. The lowest BCUT2D eigenvalue weighted by atomic mass is 10.0. The van der Waals surface area contributed by atoms with Crippen molar-refractivity contribution in [2.24, 2.45) is 20.5 Å². The Kier molecular flexibility index (Phi) is 9.42. The fourth-order valence-electron chi connectivity index (χ4n) is 5.95. The molecule has 0 radical (unpaired) electrons. The largest absolute Gasteiger partial charge is 0.452 e. The van der Waals surface area contributed by atoms with Gasteiger partial charge in [0.1, 0.15) is 22.6 Å². The van der Waals surface area contributed by atoms with Crippen LogP contribution in [-0.2, 0) is 9.47 Å². The maximum atomic E-state index is 12.8. The third-order valence-corrected chi connectivity index (χ3v) is 8.07. The highest BCUT2D eigenvalue weighted by atomic mass is 16.6. The predicted octanol–water partition coefficient (Wildman–Crippen LogP) is 12.0. The summed E-state index contributed by atoms with van der Waals surface area (Å²) in [5.41, 5.74) is 7.34. The number of H-pyrrole nitrogens is 2. The second-order valence-corrected chi connectivity index (χ2v) is 14.5. The van der Waals surface area contributed by atoms with Gasteiger partial charge < -0.3 is 19.4 Å². The quantitative estimate of drug-likeness (QED) is 0.172. The van der Waals surface area contributed by atoms with E-state index in [2.05, 4.69) is 30.4 Å². The number of nitrogens with zero attached hydrogens (tertiary/aromatic N) is 6. The maximum absolute atomic E-state index is 12.8. The lowest BCUT2D eigenvalue weighted by molar-refractivity contribution is 0.0580. The zero-order valence-corrected chi connectivity index (χ0v) is 30.7. The number of aromatic amines is 2. The van der Waals surface area contributed by atoms with Crippen LogP contribution in [0.25, 0.3) is 68.6 Å². The highest BCUT2D eigenvalue weighted by Crippen LogP contribution is 2.37. The van der Waals surface area contributed by atoms with Crippen molar-refractivity contribution in [3.8, 4) is 22.3 Å². The van der Waals surface area contributed by atoms with Crippen LogP contribution < -0.4 is 0 Å². The van der Waals surface area contributed by atoms with E-state index in [-0.39, 0.29) is 0 Å². The molecule has 0 spiro atoms. The molecular formula is C42H38N8O4. The van der Waals surface area contributed by atoms with Crippen molar-refractivity contribution in [1.29, 1.82) is 0 Å². The van der Waals surface area contributed by atoms with E-state index in [0.717, 1.165) is 33.3 Å². The Labute approximate surface area is 311 Å². The number of carbonyl (C=O) groups is 2. The summed E-state index contributed by atoms with van der Waals surface area (Å²) < 4.78 is 10.9. The van der Waals surface area contributed by atoms with Crippen molar-refractivity contribution in [2.75, 3.05) is 0 Å². The average Bonchev–Trinajstić information content (AvgIpc) is 3.95. The standard InChI is InChI=1S/C42H38N8O4/c1-41(2,3)53-39(51)49-47-37-31-21-17-27(43-31)35(25-13-9-7-10-14-25)29-19-23-33(45-29)38(48-50-40(52)54-42(4,5)6)34-24-20-30(46-34)36(26-15-11-8-12-16-26)28-18-22-32(37)44-28/h7-24,43,46H,1-6H3. The number of ether oxygens (including phenoxy) is 2. The van der Waals surface area contributed by atoms with E-state index in [1.54, 1.807) is 41.5 Å². The molecule has 54 heavy (non-hydrogen) atoms. The molecule has 12 nitrogen and oxygen atoms in total. The summed E-state index contributed by atoms with van der Waals surface area (Å²) in [6, 6.07) is 27.2. The molecule has 0 atom stereocenters. The molecule has 2 aliphatic heterocycles. The second kappa shape index (κ2) is 14.3. The van der Waals surface area contributed by atoms with Crippen molar-refractivity contribution >= 4 is 69.9 Å². The third-order valence-electron chi connectivity index (χ3n) is 8.07. The smallest absolute Gasteiger partial charge is 0.441 e. The van der Waals surface area contributed by atoms with Gasteiger partial charge in [0, 0.05) is 22.2 Å². The summed E-state index contributed by atoms with van der Waals surface area (Å²) in [6.45, 7) is 10.6. The summed E-state index contributed by atoms with van der Waals surface area (Å²) in [7, 11) is 0. The van der Waals surface area contributed by atoms with E-state index in [0.29, 0.717) is 45.2 Å². The SMILES string of the molecule is CC(C)(C)OC(=O)N=Nc1c2nc(c(-c3ccccc3)c3ccc([nH]3)c(N=NC(=O)OC(C)(C)C)c3nc(c(-c4ccccc4)c4ccc1[nH]4)C=C3)C=C2. The van der Waals surface area contributed by atoms with E-state index in [1.165, 1.54) is 0 Å². The first-order valence-corrected chi connectivity index (χ1v) is 17.4. The molecule has 3 aromatic heterocycles. The first-order chi connectivity index (χ1) is 25.8. The lowest BCUT2D eigenvalue weighted by Crippen LogP contribution is -2.21. The highest BCUT2D eigenvalue weighted by molar-refractivity contribution is 5.97. The van der Waals surface area contributed by atoms with Crippen LogP contribution in [0.4, 0.5) is 21.0 Å². The van der Waals surface area contributed by atoms with E-state index in [9.17, 15) is 9.59 Å². The molecule has 5 heterocycles. The molecule has 0 saturated carbocycles. The number of nitrogens with one attached hydrogen (secondary N) is 2. The van der Waals surface area contributed by atoms with Gasteiger partial charge in [0.2, 0.25) is 0 Å². The fraction of sp³-hybridized carbons (Fsp3) is 0.190. The van der Waals surface area contributed by atoms with Gasteiger partial charge in [-0.15, -0.1) is 10.2 Å². The topological polar surface area (TPSA) is 159 Å². The van der Waals surface area contributed by atoms with Crippen molar-refractivity contribution in [2.45, 2.75) is 52.7 Å². The summed E-state index contributed by atoms with van der Waals surface area (Å²) in [6.07, 6.45) is 5.81. The van der Waals surface area contributed by atoms with Crippen LogP contribution in [0.2, 0.25) is 0 Å². The molecule has 0 fully saturated rings. The molecule has 7 rings (SSSR count). The van der Waals surface area contributed by atoms with Crippen molar-refractivity contribution in [3.63, 3.8) is 0 Å². The molecular weight excluding hydrogens is 681 g/mol. The Morgan fingerprint density at radius 2 is 0.852 bits per heavy atom. The van der Waals surface area contributed by atoms with Crippen LogP contribution in [0.3, 0.4) is 0 Å². The number of aromatic nitrogens is 4. The van der Waals surface area contributed by atoms with Crippen LogP contribution in [0, 0.1) is 0 Å². The van der Waals surface area contributed by atoms with E-state index >= 15 is 0 Å². The van der Waals surface area contributed by atoms with Crippen LogP contribution in [0.1, 0.15) is 64.3 Å². The average molecular weight is 719 g/mol. The zero-order valence-electron chi connectivity index (χ0n) is 30.7. The number of hydrogen-bond donors (Lipinski definition) is 2. The van der Waals surface area contributed by atoms with Gasteiger partial charge in [0.15, 0.2) is 0 Å². The van der Waals surface area contributed by atoms with Crippen LogP contribution >= 0.6 is 0 Å². The molecule has 5 aromatic rings. The number of carbonyl (C=O) groups excluding carboxylic acids is 2. The molecule has 2 aliphatic rings.